The minimum Gasteiger partial charge on any atom is -0.320 e. The third-order valence-electron chi connectivity index (χ3n) is 4.41. The zero-order chi connectivity index (χ0) is 13.8. The Labute approximate surface area is 117 Å². The minimum atomic E-state index is 0.428. The summed E-state index contributed by atoms with van der Waals surface area (Å²) < 4.78 is 8.38. The number of hydrogen-bond acceptors (Lipinski definition) is 1. The summed E-state index contributed by atoms with van der Waals surface area (Å²) in [7, 11) is 0. The first kappa shape index (κ1) is 14.5. The van der Waals surface area contributed by atoms with Crippen molar-refractivity contribution in [3.8, 4) is 0 Å². The first-order valence-electron chi connectivity index (χ1n) is 7.63. The first-order valence-corrected chi connectivity index (χ1v) is 7.63. The maximum absolute atomic E-state index is 6.23. The zero-order valence-electron chi connectivity index (χ0n) is 12.8. The Kier molecular flexibility index (Phi) is 4.98. The van der Waals surface area contributed by atoms with Crippen LogP contribution in [-0.2, 0) is 11.5 Å². The van der Waals surface area contributed by atoms with E-state index in [2.05, 4.69) is 56.8 Å². The van der Waals surface area contributed by atoms with Crippen molar-refractivity contribution < 1.29 is 9.30 Å². The second kappa shape index (κ2) is 6.51. The van der Waals surface area contributed by atoms with E-state index in [1.807, 2.05) is 0 Å². The van der Waals surface area contributed by atoms with Crippen molar-refractivity contribution in [3.63, 3.8) is 0 Å². The summed E-state index contributed by atoms with van der Waals surface area (Å²) in [5.74, 6) is 2.25. The Hall–Kier alpha value is -0.890. The maximum Gasteiger partial charge on any atom is 0.252 e. The number of nitrogens with zero attached hydrogens (tertiary/aromatic N) is 1. The number of rotatable bonds is 4. The first-order chi connectivity index (χ1) is 9.06. The van der Waals surface area contributed by atoms with E-state index in [-0.39, 0.29) is 0 Å². The van der Waals surface area contributed by atoms with Crippen LogP contribution in [0.25, 0.3) is 0 Å². The molecule has 2 nitrogen and oxygen atoms in total. The van der Waals surface area contributed by atoms with Crippen molar-refractivity contribution >= 4 is 0 Å². The zero-order valence-corrected chi connectivity index (χ0v) is 12.8. The van der Waals surface area contributed by atoms with Gasteiger partial charge in [-0.1, -0.05) is 27.2 Å². The normalized spacial score (nSPS) is 27.7. The molecule has 0 saturated heterocycles. The summed E-state index contributed by atoms with van der Waals surface area (Å²) in [4.78, 5) is 0. The van der Waals surface area contributed by atoms with Crippen LogP contribution in [0.2, 0.25) is 0 Å². The van der Waals surface area contributed by atoms with Gasteiger partial charge in [0.1, 0.15) is 0 Å². The lowest BCUT2D eigenvalue weighted by Crippen LogP contribution is -2.41. The third kappa shape index (κ3) is 4.04. The molecule has 3 atom stereocenters. The molecule has 1 heterocycles. The van der Waals surface area contributed by atoms with Crippen molar-refractivity contribution in [1.29, 1.82) is 0 Å². The van der Waals surface area contributed by atoms with Crippen LogP contribution >= 0.6 is 0 Å². The number of pyridine rings is 1. The fraction of sp³-hybridized carbons (Fsp3) is 0.706. The molecule has 1 aromatic heterocycles. The average Bonchev–Trinajstić information content (AvgIpc) is 2.36. The SMILES string of the molecule is Cc1ccc[n+](COC2C[C@H](C)CCC2C(C)C)c1. The molecule has 0 spiro atoms. The smallest absolute Gasteiger partial charge is 0.252 e. The van der Waals surface area contributed by atoms with E-state index in [0.29, 0.717) is 12.8 Å². The van der Waals surface area contributed by atoms with Crippen LogP contribution < -0.4 is 4.57 Å². The van der Waals surface area contributed by atoms with Gasteiger partial charge >= 0.3 is 0 Å². The summed E-state index contributed by atoms with van der Waals surface area (Å²) in [6.45, 7) is 9.82. The van der Waals surface area contributed by atoms with Gasteiger partial charge in [0.2, 0.25) is 0 Å². The Bertz CT molecular complexity index is 402. The van der Waals surface area contributed by atoms with Crippen molar-refractivity contribution in [2.45, 2.75) is 59.8 Å². The Morgan fingerprint density at radius 2 is 2.16 bits per heavy atom. The molecule has 106 valence electrons. The van der Waals surface area contributed by atoms with Gasteiger partial charge in [0.25, 0.3) is 6.73 Å². The van der Waals surface area contributed by atoms with Gasteiger partial charge in [0.05, 0.1) is 6.10 Å². The van der Waals surface area contributed by atoms with E-state index < -0.39 is 0 Å². The van der Waals surface area contributed by atoms with Crippen molar-refractivity contribution in [2.75, 3.05) is 0 Å². The monoisotopic (exact) mass is 262 g/mol. The molecule has 2 rings (SSSR count). The molecule has 0 aromatic carbocycles. The van der Waals surface area contributed by atoms with Crippen LogP contribution in [0.15, 0.2) is 24.5 Å². The topological polar surface area (TPSA) is 13.1 Å². The molecule has 2 heteroatoms. The predicted molar refractivity (Wildman–Crippen MR) is 77.6 cm³/mol. The van der Waals surface area contributed by atoms with E-state index >= 15 is 0 Å². The van der Waals surface area contributed by atoms with E-state index in [1.54, 1.807) is 0 Å². The summed E-state index contributed by atoms with van der Waals surface area (Å²) >= 11 is 0. The van der Waals surface area contributed by atoms with E-state index in [0.717, 1.165) is 17.8 Å². The molecule has 1 aliphatic carbocycles. The maximum atomic E-state index is 6.23. The molecule has 1 saturated carbocycles. The largest absolute Gasteiger partial charge is 0.320 e. The van der Waals surface area contributed by atoms with Crippen LogP contribution in [0, 0.1) is 24.7 Å². The lowest BCUT2D eigenvalue weighted by atomic mass is 9.75. The minimum absolute atomic E-state index is 0.428. The fourth-order valence-electron chi connectivity index (χ4n) is 3.22. The van der Waals surface area contributed by atoms with Crippen molar-refractivity contribution in [3.05, 3.63) is 30.1 Å². The predicted octanol–water partition coefficient (Wildman–Crippen LogP) is 3.72. The lowest BCUT2D eigenvalue weighted by Gasteiger charge is -2.36. The molecule has 1 aliphatic rings. The molecule has 1 aromatic rings. The Balaban J connectivity index is 1.95. The number of ether oxygens (including phenoxy) is 1. The van der Waals surface area contributed by atoms with E-state index in [1.165, 1.54) is 24.8 Å². The van der Waals surface area contributed by atoms with Gasteiger partial charge in [0.15, 0.2) is 12.4 Å². The molecule has 19 heavy (non-hydrogen) atoms. The number of aryl methyl sites for hydroxylation is 1. The van der Waals surface area contributed by atoms with Gasteiger partial charge < -0.3 is 4.74 Å². The molecule has 0 aliphatic heterocycles. The van der Waals surface area contributed by atoms with E-state index in [4.69, 9.17) is 4.74 Å². The fourth-order valence-corrected chi connectivity index (χ4v) is 3.22. The standard InChI is InChI=1S/C17H28NO/c1-13(2)16-8-7-14(3)10-17(16)19-12-18-9-5-6-15(4)11-18/h5-6,9,11,13-14,16-17H,7-8,10,12H2,1-4H3/q+1/t14-,16?,17?/m1/s1. The quantitative estimate of drug-likeness (QED) is 0.754. The van der Waals surface area contributed by atoms with Crippen LogP contribution in [0.1, 0.15) is 45.6 Å². The highest BCUT2D eigenvalue weighted by Crippen LogP contribution is 2.35. The number of aromatic nitrogens is 1. The van der Waals surface area contributed by atoms with Crippen molar-refractivity contribution in [1.82, 2.24) is 0 Å². The molecule has 0 N–H and O–H groups in total. The average molecular weight is 262 g/mol. The van der Waals surface area contributed by atoms with Crippen LogP contribution in [0.4, 0.5) is 0 Å². The molecule has 0 amide bonds. The van der Waals surface area contributed by atoms with Crippen LogP contribution in [0.5, 0.6) is 0 Å². The molecule has 1 fully saturated rings. The Morgan fingerprint density at radius 3 is 2.84 bits per heavy atom. The summed E-state index contributed by atoms with van der Waals surface area (Å²) in [5, 5.41) is 0. The van der Waals surface area contributed by atoms with Gasteiger partial charge in [-0.05, 0) is 43.6 Å². The molecule has 2 unspecified atom stereocenters. The highest BCUT2D eigenvalue weighted by Gasteiger charge is 2.31. The van der Waals surface area contributed by atoms with Crippen LogP contribution in [-0.4, -0.2) is 6.10 Å². The van der Waals surface area contributed by atoms with Gasteiger partial charge in [-0.25, -0.2) is 0 Å². The van der Waals surface area contributed by atoms with Gasteiger partial charge in [-0.3, -0.25) is 0 Å². The highest BCUT2D eigenvalue weighted by molar-refractivity contribution is 5.01. The lowest BCUT2D eigenvalue weighted by molar-refractivity contribution is -0.735. The number of hydrogen-bond donors (Lipinski definition) is 0. The van der Waals surface area contributed by atoms with E-state index in [9.17, 15) is 0 Å². The highest BCUT2D eigenvalue weighted by atomic mass is 16.5. The third-order valence-corrected chi connectivity index (χ3v) is 4.41. The van der Waals surface area contributed by atoms with Crippen LogP contribution in [0.3, 0.4) is 0 Å². The molecule has 0 bridgehead atoms. The summed E-state index contributed by atoms with van der Waals surface area (Å²) in [6.07, 6.45) is 8.56. The van der Waals surface area contributed by atoms with Gasteiger partial charge in [-0.2, -0.15) is 4.57 Å². The second-order valence-corrected chi connectivity index (χ2v) is 6.56. The van der Waals surface area contributed by atoms with Gasteiger partial charge in [-0.15, -0.1) is 0 Å². The second-order valence-electron chi connectivity index (χ2n) is 6.56. The molecule has 0 radical (unpaired) electrons. The summed E-state index contributed by atoms with van der Waals surface area (Å²) in [6, 6.07) is 4.21. The Morgan fingerprint density at radius 1 is 1.37 bits per heavy atom. The molecular weight excluding hydrogens is 234 g/mol. The molecular formula is C17H28NO+. The van der Waals surface area contributed by atoms with Gasteiger partial charge in [0, 0.05) is 11.6 Å². The summed E-state index contributed by atoms with van der Waals surface area (Å²) in [5.41, 5.74) is 1.28. The van der Waals surface area contributed by atoms with Crippen molar-refractivity contribution in [2.24, 2.45) is 17.8 Å².